The summed E-state index contributed by atoms with van der Waals surface area (Å²) in [5.41, 5.74) is -0.620. The molecule has 8 heteroatoms. The second kappa shape index (κ2) is 8.09. The monoisotopic (exact) mass is 313 g/mol. The quantitative estimate of drug-likeness (QED) is 0.707. The fourth-order valence-corrected chi connectivity index (χ4v) is 1.61. The Morgan fingerprint density at radius 3 is 2.19 bits per heavy atom. The highest BCUT2D eigenvalue weighted by Gasteiger charge is 2.34. The molecule has 2 N–H and O–H groups in total. The van der Waals surface area contributed by atoms with E-state index >= 15 is 0 Å². The molecule has 0 fully saturated rings. The molecular weight excluding hydrogens is 291 g/mol. The number of nitrogens with one attached hydrogen (secondary N) is 1. The Kier molecular flexibility index (Phi) is 7.52. The second-order valence-electron chi connectivity index (χ2n) is 5.78. The number of alkyl halides is 3. The number of carboxylic acids is 1. The molecule has 0 aliphatic heterocycles. The molecule has 124 valence electrons. The van der Waals surface area contributed by atoms with Gasteiger partial charge in [0.15, 0.2) is 0 Å². The first-order chi connectivity index (χ1) is 9.41. The molecule has 0 radical (unpaired) electrons. The number of hydrogen-bond donors (Lipinski definition) is 2. The van der Waals surface area contributed by atoms with Gasteiger partial charge < -0.3 is 15.2 Å². The molecular formula is C13H22F3NO4. The number of ether oxygens (including phenoxy) is 1. The molecule has 0 spiro atoms. The molecule has 0 saturated heterocycles. The summed E-state index contributed by atoms with van der Waals surface area (Å²) in [4.78, 5) is 22.0. The van der Waals surface area contributed by atoms with Crippen molar-refractivity contribution >= 4 is 12.1 Å². The summed E-state index contributed by atoms with van der Waals surface area (Å²) in [6.07, 6.45) is -5.83. The van der Waals surface area contributed by atoms with E-state index in [-0.39, 0.29) is 19.4 Å². The minimum atomic E-state index is -4.49. The lowest BCUT2D eigenvalue weighted by Gasteiger charge is -2.19. The van der Waals surface area contributed by atoms with Gasteiger partial charge in [-0.1, -0.05) is 6.42 Å². The van der Waals surface area contributed by atoms with Gasteiger partial charge in [-0.05, 0) is 33.6 Å². The van der Waals surface area contributed by atoms with Crippen molar-refractivity contribution in [3.63, 3.8) is 0 Å². The SMILES string of the molecule is CC(C)(C)OC(=O)NCCCCC(CC(F)(F)F)C(=O)O. The van der Waals surface area contributed by atoms with E-state index in [9.17, 15) is 22.8 Å². The number of carboxylic acid groups (broad SMARTS) is 1. The van der Waals surface area contributed by atoms with E-state index < -0.39 is 36.2 Å². The van der Waals surface area contributed by atoms with Gasteiger partial charge in [0.05, 0.1) is 12.3 Å². The van der Waals surface area contributed by atoms with E-state index in [1.54, 1.807) is 20.8 Å². The van der Waals surface area contributed by atoms with Crippen LogP contribution in [0.25, 0.3) is 0 Å². The van der Waals surface area contributed by atoms with Gasteiger partial charge in [0.25, 0.3) is 0 Å². The maximum absolute atomic E-state index is 12.2. The summed E-state index contributed by atoms with van der Waals surface area (Å²) in [5.74, 6) is -2.89. The average Bonchev–Trinajstić information content (AvgIpc) is 2.22. The Hall–Kier alpha value is -1.47. The average molecular weight is 313 g/mol. The lowest BCUT2D eigenvalue weighted by molar-refractivity contribution is -0.164. The fraction of sp³-hybridized carbons (Fsp3) is 0.846. The highest BCUT2D eigenvalue weighted by molar-refractivity contribution is 5.70. The van der Waals surface area contributed by atoms with Crippen molar-refractivity contribution in [3.8, 4) is 0 Å². The first kappa shape index (κ1) is 19.5. The number of halogens is 3. The zero-order chi connectivity index (χ0) is 16.7. The summed E-state index contributed by atoms with van der Waals surface area (Å²) in [6.45, 7) is 5.36. The minimum absolute atomic E-state index is 0.0785. The van der Waals surface area contributed by atoms with Crippen LogP contribution in [0.1, 0.15) is 46.5 Å². The number of carbonyl (C=O) groups excluding carboxylic acids is 1. The van der Waals surface area contributed by atoms with Crippen LogP contribution < -0.4 is 5.32 Å². The smallest absolute Gasteiger partial charge is 0.407 e. The first-order valence-corrected chi connectivity index (χ1v) is 6.67. The van der Waals surface area contributed by atoms with Gasteiger partial charge in [-0.15, -0.1) is 0 Å². The lowest BCUT2D eigenvalue weighted by Crippen LogP contribution is -2.33. The Labute approximate surface area is 121 Å². The summed E-state index contributed by atoms with van der Waals surface area (Å²) >= 11 is 0. The minimum Gasteiger partial charge on any atom is -0.481 e. The second-order valence-corrected chi connectivity index (χ2v) is 5.78. The van der Waals surface area contributed by atoms with Crippen LogP contribution in [0.15, 0.2) is 0 Å². The highest BCUT2D eigenvalue weighted by atomic mass is 19.4. The van der Waals surface area contributed by atoms with Gasteiger partial charge >= 0.3 is 18.2 Å². The van der Waals surface area contributed by atoms with Crippen molar-refractivity contribution in [2.45, 2.75) is 58.2 Å². The van der Waals surface area contributed by atoms with Crippen LogP contribution in [0, 0.1) is 5.92 Å². The van der Waals surface area contributed by atoms with E-state index in [0.717, 1.165) is 0 Å². The first-order valence-electron chi connectivity index (χ1n) is 6.67. The van der Waals surface area contributed by atoms with Gasteiger partial charge in [-0.3, -0.25) is 4.79 Å². The van der Waals surface area contributed by atoms with Gasteiger partial charge in [0.2, 0.25) is 0 Å². The van der Waals surface area contributed by atoms with Crippen molar-refractivity contribution in [2.75, 3.05) is 6.54 Å². The predicted molar refractivity (Wildman–Crippen MR) is 69.9 cm³/mol. The van der Waals surface area contributed by atoms with Gasteiger partial charge in [-0.25, -0.2) is 4.79 Å². The molecule has 0 aromatic rings. The molecule has 0 aliphatic rings. The number of hydrogen-bond acceptors (Lipinski definition) is 3. The van der Waals surface area contributed by atoms with Crippen LogP contribution >= 0.6 is 0 Å². The number of aliphatic carboxylic acids is 1. The standard InChI is InChI=1S/C13H22F3NO4/c1-12(2,3)21-11(20)17-7-5-4-6-9(10(18)19)8-13(14,15)16/h9H,4-8H2,1-3H3,(H,17,20)(H,18,19). The van der Waals surface area contributed by atoms with Crippen molar-refractivity contribution in [3.05, 3.63) is 0 Å². The summed E-state index contributed by atoms with van der Waals surface area (Å²) in [6, 6.07) is 0. The summed E-state index contributed by atoms with van der Waals surface area (Å²) < 4.78 is 41.5. The molecule has 1 unspecified atom stereocenters. The Balaban J connectivity index is 3.92. The molecule has 5 nitrogen and oxygen atoms in total. The van der Waals surface area contributed by atoms with Crippen LogP contribution in [0.4, 0.5) is 18.0 Å². The normalized spacial score (nSPS) is 13.6. The fourth-order valence-electron chi connectivity index (χ4n) is 1.61. The van der Waals surface area contributed by atoms with E-state index in [0.29, 0.717) is 6.42 Å². The van der Waals surface area contributed by atoms with Gasteiger partial charge in [-0.2, -0.15) is 13.2 Å². The van der Waals surface area contributed by atoms with Crippen LogP contribution in [0.5, 0.6) is 0 Å². The number of unbranched alkanes of at least 4 members (excludes halogenated alkanes) is 1. The largest absolute Gasteiger partial charge is 0.481 e. The Morgan fingerprint density at radius 2 is 1.76 bits per heavy atom. The van der Waals surface area contributed by atoms with E-state index in [1.807, 2.05) is 0 Å². The maximum Gasteiger partial charge on any atom is 0.407 e. The highest BCUT2D eigenvalue weighted by Crippen LogP contribution is 2.27. The molecule has 0 heterocycles. The molecule has 0 aromatic carbocycles. The number of alkyl carbamates (subject to hydrolysis) is 1. The predicted octanol–water partition coefficient (Wildman–Crippen LogP) is 3.33. The summed E-state index contributed by atoms with van der Waals surface area (Å²) in [7, 11) is 0. The van der Waals surface area contributed by atoms with Gasteiger partial charge in [0.1, 0.15) is 5.60 Å². The molecule has 0 aromatic heterocycles. The lowest BCUT2D eigenvalue weighted by atomic mass is 9.98. The molecule has 0 saturated carbocycles. The van der Waals surface area contributed by atoms with Gasteiger partial charge in [0, 0.05) is 6.54 Å². The third-order valence-electron chi connectivity index (χ3n) is 2.47. The third kappa shape index (κ3) is 12.0. The molecule has 0 bridgehead atoms. The van der Waals surface area contributed by atoms with Crippen molar-refractivity contribution in [1.82, 2.24) is 5.32 Å². The molecule has 0 aliphatic carbocycles. The molecule has 0 rings (SSSR count). The number of amides is 1. The van der Waals surface area contributed by atoms with Crippen LogP contribution in [-0.4, -0.2) is 35.5 Å². The van der Waals surface area contributed by atoms with E-state index in [2.05, 4.69) is 5.32 Å². The Morgan fingerprint density at radius 1 is 1.19 bits per heavy atom. The zero-order valence-electron chi connectivity index (χ0n) is 12.4. The molecule has 1 atom stereocenters. The Bertz CT molecular complexity index is 350. The van der Waals surface area contributed by atoms with Crippen molar-refractivity contribution in [1.29, 1.82) is 0 Å². The van der Waals surface area contributed by atoms with Crippen LogP contribution in [-0.2, 0) is 9.53 Å². The van der Waals surface area contributed by atoms with Crippen molar-refractivity contribution < 1.29 is 32.6 Å². The number of rotatable bonds is 7. The number of carbonyl (C=O) groups is 2. The molecule has 21 heavy (non-hydrogen) atoms. The topological polar surface area (TPSA) is 75.6 Å². The maximum atomic E-state index is 12.2. The zero-order valence-corrected chi connectivity index (χ0v) is 12.4. The van der Waals surface area contributed by atoms with E-state index in [1.165, 1.54) is 0 Å². The van der Waals surface area contributed by atoms with Crippen LogP contribution in [0.2, 0.25) is 0 Å². The molecule has 1 amide bonds. The van der Waals surface area contributed by atoms with Crippen molar-refractivity contribution in [2.24, 2.45) is 5.92 Å². The van der Waals surface area contributed by atoms with E-state index in [4.69, 9.17) is 9.84 Å². The summed E-state index contributed by atoms with van der Waals surface area (Å²) in [5, 5.41) is 11.2. The third-order valence-corrected chi connectivity index (χ3v) is 2.47. The van der Waals surface area contributed by atoms with Crippen LogP contribution in [0.3, 0.4) is 0 Å².